The van der Waals surface area contributed by atoms with E-state index in [1.54, 1.807) is 0 Å². The molecule has 1 heterocycles. The van der Waals surface area contributed by atoms with E-state index in [1.165, 1.54) is 0 Å². The molecule has 2 atom stereocenters. The molecule has 88 valence electrons. The second kappa shape index (κ2) is 4.76. The molecule has 2 unspecified atom stereocenters. The maximum absolute atomic E-state index is 12.3. The summed E-state index contributed by atoms with van der Waals surface area (Å²) in [7, 11) is 0. The van der Waals surface area contributed by atoms with Crippen molar-refractivity contribution in [3.05, 3.63) is 5.21 Å². The maximum atomic E-state index is 12.3. The predicted octanol–water partition coefficient (Wildman–Crippen LogP) is -0.0368. The number of quaternary nitrogens is 1. The lowest BCUT2D eigenvalue weighted by Crippen LogP contribution is -2.52. The second-order valence-corrected chi connectivity index (χ2v) is 4.84. The number of hydroxylamine groups is 3. The van der Waals surface area contributed by atoms with Gasteiger partial charge in [-0.1, -0.05) is 0 Å². The van der Waals surface area contributed by atoms with Crippen molar-refractivity contribution in [2.75, 3.05) is 32.8 Å². The Hall–Kier alpha value is -0.200. The first-order valence-corrected chi connectivity index (χ1v) is 5.83. The first-order chi connectivity index (χ1) is 7.22. The molecule has 1 aliphatic heterocycles. The van der Waals surface area contributed by atoms with Crippen LogP contribution in [0.2, 0.25) is 0 Å². The molecule has 0 aromatic heterocycles. The third kappa shape index (κ3) is 2.89. The van der Waals surface area contributed by atoms with Crippen LogP contribution in [0.25, 0.3) is 0 Å². The molecule has 0 radical (unpaired) electrons. The third-order valence-electron chi connectivity index (χ3n) is 3.65. The number of morpholine rings is 1. The Morgan fingerprint density at radius 1 is 1.33 bits per heavy atom. The van der Waals surface area contributed by atoms with Crippen LogP contribution < -0.4 is 11.3 Å². The van der Waals surface area contributed by atoms with Gasteiger partial charge in [-0.25, -0.2) is 0 Å². The van der Waals surface area contributed by atoms with Gasteiger partial charge in [0.1, 0.15) is 13.1 Å². The van der Waals surface area contributed by atoms with Gasteiger partial charge in [0.25, 0.3) is 0 Å². The van der Waals surface area contributed by atoms with Gasteiger partial charge in [-0.15, -0.1) is 0 Å². The molecule has 5 heteroatoms. The van der Waals surface area contributed by atoms with Crippen LogP contribution in [0.1, 0.15) is 19.3 Å². The number of ether oxygens (including phenoxy) is 1. The van der Waals surface area contributed by atoms with Gasteiger partial charge in [-0.05, 0) is 19.3 Å². The summed E-state index contributed by atoms with van der Waals surface area (Å²) in [5, 5.41) is 12.3. The van der Waals surface area contributed by atoms with E-state index in [9.17, 15) is 5.21 Å². The molecule has 0 amide bonds. The fourth-order valence-corrected chi connectivity index (χ4v) is 2.72. The van der Waals surface area contributed by atoms with E-state index in [-0.39, 0.29) is 4.65 Å². The normalized spacial score (nSPS) is 35.6. The Morgan fingerprint density at radius 2 is 2.07 bits per heavy atom. The number of hydrogen-bond acceptors (Lipinski definition) is 4. The first kappa shape index (κ1) is 11.3. The highest BCUT2D eigenvalue weighted by molar-refractivity contribution is 4.79. The zero-order chi connectivity index (χ0) is 10.7. The van der Waals surface area contributed by atoms with E-state index < -0.39 is 0 Å². The molecule has 15 heavy (non-hydrogen) atoms. The van der Waals surface area contributed by atoms with Crippen molar-refractivity contribution >= 4 is 0 Å². The topological polar surface area (TPSA) is 70.3 Å². The predicted molar refractivity (Wildman–Crippen MR) is 57.5 cm³/mol. The SMILES string of the molecule is NNC1CCC(C[N+]2([O-])CCOCC2)C1. The molecular formula is C10H21N3O2. The Kier molecular flexibility index (Phi) is 3.58. The standard InChI is InChI=1S/C10H21N3O2/c11-12-10-2-1-9(7-10)8-13(14)3-5-15-6-4-13/h9-10,12H,1-8,11H2. The minimum Gasteiger partial charge on any atom is -0.633 e. The molecule has 5 nitrogen and oxygen atoms in total. The van der Waals surface area contributed by atoms with Gasteiger partial charge >= 0.3 is 0 Å². The number of nitrogens with two attached hydrogens (primary N) is 1. The largest absolute Gasteiger partial charge is 0.633 e. The summed E-state index contributed by atoms with van der Waals surface area (Å²) in [5.74, 6) is 5.95. The van der Waals surface area contributed by atoms with Crippen LogP contribution in [0.3, 0.4) is 0 Å². The van der Waals surface area contributed by atoms with Crippen LogP contribution in [0, 0.1) is 11.1 Å². The molecule has 0 spiro atoms. The van der Waals surface area contributed by atoms with Gasteiger partial charge in [-0.3, -0.25) is 11.3 Å². The van der Waals surface area contributed by atoms with E-state index in [1.807, 2.05) is 0 Å². The van der Waals surface area contributed by atoms with Crippen molar-refractivity contribution in [3.63, 3.8) is 0 Å². The summed E-state index contributed by atoms with van der Waals surface area (Å²) in [5.41, 5.74) is 2.81. The minimum atomic E-state index is -0.0536. The van der Waals surface area contributed by atoms with Crippen molar-refractivity contribution in [2.24, 2.45) is 11.8 Å². The van der Waals surface area contributed by atoms with Crippen LogP contribution in [0.4, 0.5) is 0 Å². The van der Waals surface area contributed by atoms with Crippen molar-refractivity contribution < 1.29 is 9.38 Å². The Labute approximate surface area is 90.7 Å². The molecule has 3 N–H and O–H groups in total. The average molecular weight is 215 g/mol. The summed E-state index contributed by atoms with van der Waals surface area (Å²) in [6.07, 6.45) is 3.30. The summed E-state index contributed by atoms with van der Waals surface area (Å²) in [4.78, 5) is 0. The summed E-state index contributed by atoms with van der Waals surface area (Å²) in [6, 6.07) is 0.419. The lowest BCUT2D eigenvalue weighted by Gasteiger charge is -2.46. The Balaban J connectivity index is 1.80. The average Bonchev–Trinajstić information content (AvgIpc) is 2.66. The lowest BCUT2D eigenvalue weighted by molar-refractivity contribution is -0.891. The second-order valence-electron chi connectivity index (χ2n) is 4.84. The molecule has 0 aromatic carbocycles. The van der Waals surface area contributed by atoms with E-state index >= 15 is 0 Å². The zero-order valence-electron chi connectivity index (χ0n) is 9.15. The van der Waals surface area contributed by atoms with Gasteiger partial charge < -0.3 is 14.6 Å². The molecule has 1 aliphatic carbocycles. The fourth-order valence-electron chi connectivity index (χ4n) is 2.72. The zero-order valence-corrected chi connectivity index (χ0v) is 9.15. The minimum absolute atomic E-state index is 0.0536. The van der Waals surface area contributed by atoms with Crippen molar-refractivity contribution in [2.45, 2.75) is 25.3 Å². The molecular weight excluding hydrogens is 194 g/mol. The number of hydrazine groups is 1. The van der Waals surface area contributed by atoms with Crippen LogP contribution in [-0.4, -0.2) is 43.5 Å². The van der Waals surface area contributed by atoms with Gasteiger partial charge in [0, 0.05) is 12.0 Å². The highest BCUT2D eigenvalue weighted by Gasteiger charge is 2.31. The summed E-state index contributed by atoms with van der Waals surface area (Å²) >= 11 is 0. The third-order valence-corrected chi connectivity index (χ3v) is 3.65. The van der Waals surface area contributed by atoms with E-state index in [0.29, 0.717) is 38.3 Å². The number of rotatable bonds is 3. The van der Waals surface area contributed by atoms with Crippen LogP contribution in [0.5, 0.6) is 0 Å². The number of hydrogen-bond donors (Lipinski definition) is 2. The molecule has 2 fully saturated rings. The van der Waals surface area contributed by atoms with Gasteiger partial charge in [-0.2, -0.15) is 0 Å². The smallest absolute Gasteiger partial charge is 0.102 e. The molecule has 1 saturated carbocycles. The van der Waals surface area contributed by atoms with Crippen molar-refractivity contribution in [1.29, 1.82) is 0 Å². The van der Waals surface area contributed by atoms with Crippen LogP contribution in [0.15, 0.2) is 0 Å². The molecule has 0 bridgehead atoms. The summed E-state index contributed by atoms with van der Waals surface area (Å²) in [6.45, 7) is 3.24. The maximum Gasteiger partial charge on any atom is 0.102 e. The van der Waals surface area contributed by atoms with Crippen molar-refractivity contribution in [3.8, 4) is 0 Å². The van der Waals surface area contributed by atoms with Gasteiger partial charge in [0.2, 0.25) is 0 Å². The quantitative estimate of drug-likeness (QED) is 0.300. The number of nitrogens with zero attached hydrogens (tertiary/aromatic N) is 1. The highest BCUT2D eigenvalue weighted by Crippen LogP contribution is 2.28. The Morgan fingerprint density at radius 3 is 2.67 bits per heavy atom. The molecule has 0 aromatic rings. The van der Waals surface area contributed by atoms with E-state index in [2.05, 4.69) is 5.43 Å². The number of nitrogens with one attached hydrogen (secondary N) is 1. The monoisotopic (exact) mass is 215 g/mol. The summed E-state index contributed by atoms with van der Waals surface area (Å²) < 4.78 is 5.17. The van der Waals surface area contributed by atoms with E-state index in [4.69, 9.17) is 10.6 Å². The van der Waals surface area contributed by atoms with Crippen molar-refractivity contribution in [1.82, 2.24) is 5.43 Å². The van der Waals surface area contributed by atoms with Gasteiger partial charge in [0.05, 0.1) is 19.8 Å². The highest BCUT2D eigenvalue weighted by atomic mass is 16.6. The fraction of sp³-hybridized carbons (Fsp3) is 1.00. The molecule has 1 saturated heterocycles. The van der Waals surface area contributed by atoms with E-state index in [0.717, 1.165) is 25.8 Å². The van der Waals surface area contributed by atoms with Gasteiger partial charge in [0.15, 0.2) is 0 Å². The van der Waals surface area contributed by atoms with Crippen LogP contribution in [-0.2, 0) is 4.74 Å². The molecule has 2 rings (SSSR count). The first-order valence-electron chi connectivity index (χ1n) is 5.83. The molecule has 2 aliphatic rings. The Bertz CT molecular complexity index is 207. The van der Waals surface area contributed by atoms with Crippen LogP contribution >= 0.6 is 0 Å². The lowest BCUT2D eigenvalue weighted by atomic mass is 10.1.